The number of hydrogen-bond acceptors (Lipinski definition) is 2. The summed E-state index contributed by atoms with van der Waals surface area (Å²) in [6, 6.07) is 5.85. The largest absolute Gasteiger partial charge is 0.399 e. The second-order valence-electron chi connectivity index (χ2n) is 7.09. The topological polar surface area (TPSA) is 52.0 Å². The van der Waals surface area contributed by atoms with E-state index in [1.807, 2.05) is 18.2 Å². The average molecular weight is 276 g/mol. The Balaban J connectivity index is 1.56. The van der Waals surface area contributed by atoms with Crippen LogP contribution in [0.4, 0.5) is 11.4 Å². The van der Waals surface area contributed by atoms with Crippen molar-refractivity contribution < 1.29 is 8.97 Å². The third-order valence-electron chi connectivity index (χ3n) is 5.59. The molecule has 4 N–H and O–H groups in total. The van der Waals surface area contributed by atoms with Gasteiger partial charge in [0.05, 0.1) is 13.6 Å². The molecule has 3 saturated heterocycles. The normalized spacial score (nSPS) is 32.5. The molecular weight excluding hydrogens is 248 g/mol. The maximum absolute atomic E-state index is 6.04. The molecule has 3 aliphatic rings. The Morgan fingerprint density at radius 1 is 1.00 bits per heavy atom. The first-order chi connectivity index (χ1) is 9.50. The van der Waals surface area contributed by atoms with Crippen LogP contribution in [0.2, 0.25) is 0 Å². The van der Waals surface area contributed by atoms with Gasteiger partial charge in [-0.3, -0.25) is 0 Å². The molecule has 1 aromatic carbocycles. The van der Waals surface area contributed by atoms with Crippen molar-refractivity contribution in [3.05, 3.63) is 23.8 Å². The molecule has 0 radical (unpaired) electrons. The smallest absolute Gasteiger partial charge is 0.129 e. The van der Waals surface area contributed by atoms with Gasteiger partial charge in [0.25, 0.3) is 0 Å². The van der Waals surface area contributed by atoms with Gasteiger partial charge >= 0.3 is 0 Å². The summed E-state index contributed by atoms with van der Waals surface area (Å²) in [6.07, 6.45) is 2.28. The number of nitrogens with zero attached hydrogens (tertiary/aromatic N) is 2. The SMILES string of the molecule is C[N+]12CC[N+](CCCc3cc(N)ccc3N)(CC1)CC2. The molecule has 1 aromatic rings. The summed E-state index contributed by atoms with van der Waals surface area (Å²) < 4.78 is 2.65. The lowest BCUT2D eigenvalue weighted by Crippen LogP contribution is -2.73. The first kappa shape index (κ1) is 13.7. The number of hydrogen-bond donors (Lipinski definition) is 2. The molecule has 0 aliphatic carbocycles. The number of anilines is 2. The molecule has 4 nitrogen and oxygen atoms in total. The van der Waals surface area contributed by atoms with Crippen LogP contribution in [-0.4, -0.2) is 61.8 Å². The molecular formula is C16H28N4+2. The quantitative estimate of drug-likeness (QED) is 0.638. The fraction of sp³-hybridized carbons (Fsp3) is 0.625. The monoisotopic (exact) mass is 276 g/mol. The van der Waals surface area contributed by atoms with Gasteiger partial charge in [-0.25, -0.2) is 0 Å². The number of piperazine rings is 3. The zero-order valence-corrected chi connectivity index (χ0v) is 12.6. The number of fused-ring (bicyclic) bond motifs is 3. The molecule has 0 unspecified atom stereocenters. The lowest BCUT2D eigenvalue weighted by Gasteiger charge is -2.54. The molecule has 4 rings (SSSR count). The van der Waals surface area contributed by atoms with E-state index in [1.54, 1.807) is 0 Å². The van der Waals surface area contributed by atoms with E-state index in [2.05, 4.69) is 7.05 Å². The van der Waals surface area contributed by atoms with E-state index in [-0.39, 0.29) is 0 Å². The molecule has 0 spiro atoms. The molecule has 0 saturated carbocycles. The predicted molar refractivity (Wildman–Crippen MR) is 84.1 cm³/mol. The Morgan fingerprint density at radius 2 is 1.65 bits per heavy atom. The van der Waals surface area contributed by atoms with E-state index in [0.29, 0.717) is 0 Å². The number of nitrogens with two attached hydrogens (primary N) is 2. The highest BCUT2D eigenvalue weighted by atomic mass is 15.5. The molecule has 2 bridgehead atoms. The van der Waals surface area contributed by atoms with Gasteiger partial charge in [-0.2, -0.15) is 0 Å². The number of aryl methyl sites for hydroxylation is 1. The Morgan fingerprint density at radius 3 is 2.30 bits per heavy atom. The van der Waals surface area contributed by atoms with Gasteiger partial charge < -0.3 is 20.4 Å². The number of rotatable bonds is 4. The third-order valence-corrected chi connectivity index (χ3v) is 5.59. The van der Waals surface area contributed by atoms with Crippen LogP contribution in [0, 0.1) is 0 Å². The minimum absolute atomic E-state index is 0.824. The maximum Gasteiger partial charge on any atom is 0.129 e. The zero-order valence-electron chi connectivity index (χ0n) is 12.6. The van der Waals surface area contributed by atoms with Crippen LogP contribution >= 0.6 is 0 Å². The maximum atomic E-state index is 6.04. The molecule has 3 fully saturated rings. The number of benzene rings is 1. The second-order valence-corrected chi connectivity index (χ2v) is 7.09. The van der Waals surface area contributed by atoms with Crippen molar-refractivity contribution in [2.75, 3.05) is 64.3 Å². The van der Waals surface area contributed by atoms with Crippen LogP contribution in [-0.2, 0) is 6.42 Å². The highest BCUT2D eigenvalue weighted by molar-refractivity contribution is 5.55. The highest BCUT2D eigenvalue weighted by Crippen LogP contribution is 2.26. The fourth-order valence-corrected chi connectivity index (χ4v) is 3.81. The van der Waals surface area contributed by atoms with Crippen LogP contribution in [0.3, 0.4) is 0 Å². The van der Waals surface area contributed by atoms with Crippen molar-refractivity contribution in [2.24, 2.45) is 0 Å². The average Bonchev–Trinajstić information content (AvgIpc) is 2.44. The van der Waals surface area contributed by atoms with Crippen LogP contribution in [0.15, 0.2) is 18.2 Å². The standard InChI is InChI=1S/C16H28N4/c1-19-7-10-20(11-8-19,12-9-19)6-2-3-14-13-15(17)4-5-16(14)18/h4-5,13H,2-3,6-12,17-18H2,1H3/q+2. The van der Waals surface area contributed by atoms with E-state index >= 15 is 0 Å². The van der Waals surface area contributed by atoms with Crippen LogP contribution < -0.4 is 11.5 Å². The van der Waals surface area contributed by atoms with Crippen molar-refractivity contribution in [2.45, 2.75) is 12.8 Å². The van der Waals surface area contributed by atoms with Gasteiger partial charge in [-0.15, -0.1) is 0 Å². The molecule has 0 atom stereocenters. The summed E-state index contributed by atoms with van der Waals surface area (Å²) in [5.74, 6) is 0. The molecule has 110 valence electrons. The fourth-order valence-electron chi connectivity index (χ4n) is 3.81. The van der Waals surface area contributed by atoms with Crippen molar-refractivity contribution in [1.29, 1.82) is 0 Å². The number of likely N-dealkylation sites (N-methyl/N-ethyl adjacent to an activating group) is 1. The molecule has 3 heterocycles. The van der Waals surface area contributed by atoms with Crippen LogP contribution in [0.5, 0.6) is 0 Å². The summed E-state index contributed by atoms with van der Waals surface area (Å²) in [6.45, 7) is 9.48. The Bertz CT molecular complexity index is 473. The van der Waals surface area contributed by atoms with E-state index in [0.717, 1.165) is 17.8 Å². The van der Waals surface area contributed by atoms with Crippen LogP contribution in [0.25, 0.3) is 0 Å². The number of nitrogen functional groups attached to an aromatic ring is 2. The van der Waals surface area contributed by atoms with Crippen molar-refractivity contribution in [3.63, 3.8) is 0 Å². The molecule has 4 heteroatoms. The van der Waals surface area contributed by atoms with E-state index < -0.39 is 0 Å². The first-order valence-electron chi connectivity index (χ1n) is 7.83. The van der Waals surface area contributed by atoms with Gasteiger partial charge in [0, 0.05) is 17.8 Å². The van der Waals surface area contributed by atoms with Crippen LogP contribution in [0.1, 0.15) is 12.0 Å². The molecule has 0 amide bonds. The molecule has 0 aromatic heterocycles. The van der Waals surface area contributed by atoms with Gasteiger partial charge in [-0.05, 0) is 30.2 Å². The molecule has 20 heavy (non-hydrogen) atoms. The van der Waals surface area contributed by atoms with E-state index in [9.17, 15) is 0 Å². The third kappa shape index (κ3) is 2.63. The Kier molecular flexibility index (Phi) is 3.38. The van der Waals surface area contributed by atoms with Gasteiger partial charge in [0.1, 0.15) is 39.3 Å². The van der Waals surface area contributed by atoms with Gasteiger partial charge in [0.2, 0.25) is 0 Å². The first-order valence-corrected chi connectivity index (χ1v) is 7.83. The summed E-state index contributed by atoms with van der Waals surface area (Å²) >= 11 is 0. The lowest BCUT2D eigenvalue weighted by molar-refractivity contribution is -1.07. The van der Waals surface area contributed by atoms with Gasteiger partial charge in [-0.1, -0.05) is 0 Å². The lowest BCUT2D eigenvalue weighted by atomic mass is 10.0. The Hall–Kier alpha value is -1.26. The minimum Gasteiger partial charge on any atom is -0.399 e. The van der Waals surface area contributed by atoms with E-state index in [4.69, 9.17) is 11.5 Å². The van der Waals surface area contributed by atoms with Crippen molar-refractivity contribution in [1.82, 2.24) is 0 Å². The van der Waals surface area contributed by atoms with Crippen molar-refractivity contribution in [3.8, 4) is 0 Å². The van der Waals surface area contributed by atoms with E-state index in [1.165, 1.54) is 66.8 Å². The molecule has 3 aliphatic heterocycles. The zero-order chi connectivity index (χ0) is 14.2. The summed E-state index contributed by atoms with van der Waals surface area (Å²) in [4.78, 5) is 0. The number of quaternary nitrogens is 2. The second kappa shape index (κ2) is 4.93. The minimum atomic E-state index is 0.824. The predicted octanol–water partition coefficient (Wildman–Crippen LogP) is 1.07. The summed E-state index contributed by atoms with van der Waals surface area (Å²) in [5, 5.41) is 0. The Labute approximate surface area is 122 Å². The van der Waals surface area contributed by atoms with Crippen molar-refractivity contribution >= 4 is 11.4 Å². The highest BCUT2D eigenvalue weighted by Gasteiger charge is 2.46. The van der Waals surface area contributed by atoms with Gasteiger partial charge in [0.15, 0.2) is 0 Å². The summed E-state index contributed by atoms with van der Waals surface area (Å²) in [7, 11) is 2.42. The summed E-state index contributed by atoms with van der Waals surface area (Å²) in [5.41, 5.74) is 14.8.